The fraction of sp³-hybridized carbons (Fsp3) is 0.357. The van der Waals surface area contributed by atoms with E-state index in [9.17, 15) is 5.11 Å². The largest absolute Gasteiger partial charge is 0.394 e. The van der Waals surface area contributed by atoms with Crippen molar-refractivity contribution in [3.8, 4) is 11.4 Å². The Labute approximate surface area is 107 Å². The second kappa shape index (κ2) is 5.80. The number of hydrogen-bond acceptors (Lipinski definition) is 3. The summed E-state index contributed by atoms with van der Waals surface area (Å²) >= 11 is 0. The zero-order valence-corrected chi connectivity index (χ0v) is 10.5. The molecule has 0 aliphatic rings. The molecule has 1 aromatic carbocycles. The van der Waals surface area contributed by atoms with Crippen LogP contribution in [0.4, 0.5) is 0 Å². The topological polar surface area (TPSA) is 64.1 Å². The molecule has 96 valence electrons. The molecule has 0 spiro atoms. The van der Waals surface area contributed by atoms with E-state index in [1.807, 2.05) is 48.0 Å². The number of nitrogens with zero attached hydrogens (tertiary/aromatic N) is 2. The molecule has 2 atom stereocenters. The van der Waals surface area contributed by atoms with Crippen molar-refractivity contribution in [1.29, 1.82) is 0 Å². The van der Waals surface area contributed by atoms with Crippen molar-refractivity contribution in [3.05, 3.63) is 42.7 Å². The lowest BCUT2D eigenvalue weighted by molar-refractivity contribution is 0.205. The zero-order chi connectivity index (χ0) is 13.0. The highest BCUT2D eigenvalue weighted by Gasteiger charge is 2.20. The van der Waals surface area contributed by atoms with Crippen molar-refractivity contribution >= 4 is 0 Å². The molecule has 0 aliphatic carbocycles. The summed E-state index contributed by atoms with van der Waals surface area (Å²) in [7, 11) is 0. The monoisotopic (exact) mass is 245 g/mol. The highest BCUT2D eigenvalue weighted by molar-refractivity contribution is 5.55. The normalized spacial score (nSPS) is 14.4. The Bertz CT molecular complexity index is 481. The Hall–Kier alpha value is -1.65. The Balaban J connectivity index is 2.38. The van der Waals surface area contributed by atoms with Gasteiger partial charge < -0.3 is 15.4 Å². The van der Waals surface area contributed by atoms with Gasteiger partial charge in [0.25, 0.3) is 0 Å². The standard InChI is InChI=1S/C14H19N3O/c1-2-12(15)13(10-18)17-9-8-16-14(17)11-6-4-3-5-7-11/h3-9,12-13,18H,2,10,15H2,1H3. The first-order chi connectivity index (χ1) is 8.77. The van der Waals surface area contributed by atoms with E-state index in [0.717, 1.165) is 17.8 Å². The molecular formula is C14H19N3O. The van der Waals surface area contributed by atoms with Crippen molar-refractivity contribution in [2.24, 2.45) is 5.73 Å². The minimum Gasteiger partial charge on any atom is -0.394 e. The zero-order valence-electron chi connectivity index (χ0n) is 10.5. The van der Waals surface area contributed by atoms with Gasteiger partial charge in [-0.2, -0.15) is 0 Å². The molecule has 0 amide bonds. The van der Waals surface area contributed by atoms with Gasteiger partial charge in [0.1, 0.15) is 5.82 Å². The van der Waals surface area contributed by atoms with E-state index in [1.54, 1.807) is 6.20 Å². The average molecular weight is 245 g/mol. The summed E-state index contributed by atoms with van der Waals surface area (Å²) in [5, 5.41) is 9.54. The Morgan fingerprint density at radius 2 is 2.06 bits per heavy atom. The van der Waals surface area contributed by atoms with Gasteiger partial charge in [0.05, 0.1) is 12.6 Å². The third kappa shape index (κ3) is 2.44. The van der Waals surface area contributed by atoms with Gasteiger partial charge in [0.2, 0.25) is 0 Å². The van der Waals surface area contributed by atoms with Crippen LogP contribution in [0.25, 0.3) is 11.4 Å². The third-order valence-electron chi connectivity index (χ3n) is 3.21. The first kappa shape index (κ1) is 12.8. The van der Waals surface area contributed by atoms with Crippen LogP contribution in [-0.4, -0.2) is 27.3 Å². The summed E-state index contributed by atoms with van der Waals surface area (Å²) in [6.45, 7) is 2.04. The van der Waals surface area contributed by atoms with E-state index in [2.05, 4.69) is 4.98 Å². The van der Waals surface area contributed by atoms with Gasteiger partial charge in [0, 0.05) is 24.0 Å². The summed E-state index contributed by atoms with van der Waals surface area (Å²) < 4.78 is 1.96. The van der Waals surface area contributed by atoms with E-state index in [4.69, 9.17) is 5.73 Å². The summed E-state index contributed by atoms with van der Waals surface area (Å²) in [5.41, 5.74) is 7.09. The molecule has 1 heterocycles. The highest BCUT2D eigenvalue weighted by atomic mass is 16.3. The maximum absolute atomic E-state index is 9.54. The molecule has 0 aliphatic heterocycles. The smallest absolute Gasteiger partial charge is 0.140 e. The lowest BCUT2D eigenvalue weighted by atomic mass is 10.1. The van der Waals surface area contributed by atoms with Gasteiger partial charge in [-0.3, -0.25) is 0 Å². The molecular weight excluding hydrogens is 226 g/mol. The Kier molecular flexibility index (Phi) is 4.12. The predicted molar refractivity (Wildman–Crippen MR) is 72.1 cm³/mol. The molecule has 1 aromatic heterocycles. The molecule has 2 aromatic rings. The number of imidazole rings is 1. The quantitative estimate of drug-likeness (QED) is 0.844. The highest BCUT2D eigenvalue weighted by Crippen LogP contribution is 2.22. The number of rotatable bonds is 5. The molecule has 3 N–H and O–H groups in total. The maximum Gasteiger partial charge on any atom is 0.140 e. The Morgan fingerprint density at radius 3 is 2.67 bits per heavy atom. The van der Waals surface area contributed by atoms with Crippen molar-refractivity contribution in [3.63, 3.8) is 0 Å². The average Bonchev–Trinajstić information content (AvgIpc) is 2.89. The number of benzene rings is 1. The fourth-order valence-electron chi connectivity index (χ4n) is 2.09. The van der Waals surface area contributed by atoms with Crippen molar-refractivity contribution in [2.75, 3.05) is 6.61 Å². The number of aliphatic hydroxyl groups is 1. The van der Waals surface area contributed by atoms with Gasteiger partial charge >= 0.3 is 0 Å². The van der Waals surface area contributed by atoms with E-state index in [1.165, 1.54) is 0 Å². The van der Waals surface area contributed by atoms with E-state index < -0.39 is 0 Å². The molecule has 2 unspecified atom stereocenters. The molecule has 0 saturated carbocycles. The SMILES string of the molecule is CCC(N)C(CO)n1ccnc1-c1ccccc1. The number of hydrogen-bond donors (Lipinski definition) is 2. The Morgan fingerprint density at radius 1 is 1.33 bits per heavy atom. The molecule has 0 bridgehead atoms. The van der Waals surface area contributed by atoms with Crippen LogP contribution >= 0.6 is 0 Å². The van der Waals surface area contributed by atoms with Crippen LogP contribution in [-0.2, 0) is 0 Å². The van der Waals surface area contributed by atoms with Crippen LogP contribution in [0.2, 0.25) is 0 Å². The number of aromatic nitrogens is 2. The van der Waals surface area contributed by atoms with E-state index >= 15 is 0 Å². The third-order valence-corrected chi connectivity index (χ3v) is 3.21. The van der Waals surface area contributed by atoms with Crippen LogP contribution < -0.4 is 5.73 Å². The van der Waals surface area contributed by atoms with Gasteiger partial charge in [-0.1, -0.05) is 37.3 Å². The second-order valence-electron chi connectivity index (χ2n) is 4.35. The van der Waals surface area contributed by atoms with Gasteiger partial charge in [-0.15, -0.1) is 0 Å². The first-order valence-electron chi connectivity index (χ1n) is 6.22. The van der Waals surface area contributed by atoms with Crippen molar-refractivity contribution < 1.29 is 5.11 Å². The van der Waals surface area contributed by atoms with Gasteiger partial charge in [-0.05, 0) is 6.42 Å². The summed E-state index contributed by atoms with van der Waals surface area (Å²) in [6, 6.07) is 9.72. The maximum atomic E-state index is 9.54. The summed E-state index contributed by atoms with van der Waals surface area (Å²) in [5.74, 6) is 0.846. The van der Waals surface area contributed by atoms with Crippen LogP contribution in [0.1, 0.15) is 19.4 Å². The minimum atomic E-state index is -0.132. The molecule has 2 rings (SSSR count). The molecule has 18 heavy (non-hydrogen) atoms. The second-order valence-corrected chi connectivity index (χ2v) is 4.35. The number of aliphatic hydroxyl groups excluding tert-OH is 1. The molecule has 0 saturated heterocycles. The summed E-state index contributed by atoms with van der Waals surface area (Å²) in [6.07, 6.45) is 4.43. The van der Waals surface area contributed by atoms with E-state index in [0.29, 0.717) is 0 Å². The summed E-state index contributed by atoms with van der Waals surface area (Å²) in [4.78, 5) is 4.37. The van der Waals surface area contributed by atoms with Crippen LogP contribution in [0.3, 0.4) is 0 Å². The first-order valence-corrected chi connectivity index (χ1v) is 6.22. The molecule has 4 nitrogen and oxygen atoms in total. The lowest BCUT2D eigenvalue weighted by Gasteiger charge is -2.24. The van der Waals surface area contributed by atoms with Crippen LogP contribution in [0.15, 0.2) is 42.7 Å². The molecule has 0 radical (unpaired) electrons. The van der Waals surface area contributed by atoms with Crippen molar-refractivity contribution in [2.45, 2.75) is 25.4 Å². The molecule has 0 fully saturated rings. The van der Waals surface area contributed by atoms with Gasteiger partial charge in [-0.25, -0.2) is 4.98 Å². The van der Waals surface area contributed by atoms with Crippen molar-refractivity contribution in [1.82, 2.24) is 9.55 Å². The minimum absolute atomic E-state index is 0.0190. The molecule has 4 heteroatoms. The van der Waals surface area contributed by atoms with Crippen LogP contribution in [0, 0.1) is 0 Å². The lowest BCUT2D eigenvalue weighted by Crippen LogP contribution is -2.34. The fourth-order valence-corrected chi connectivity index (χ4v) is 2.09. The predicted octanol–water partition coefficient (Wildman–Crippen LogP) is 1.82. The van der Waals surface area contributed by atoms with E-state index in [-0.39, 0.29) is 18.7 Å². The number of nitrogens with two attached hydrogens (primary N) is 1. The van der Waals surface area contributed by atoms with Crippen LogP contribution in [0.5, 0.6) is 0 Å². The van der Waals surface area contributed by atoms with Gasteiger partial charge in [0.15, 0.2) is 0 Å².